The van der Waals surface area contributed by atoms with Crippen molar-refractivity contribution in [3.63, 3.8) is 0 Å². The molecule has 0 atom stereocenters. The Bertz CT molecular complexity index is 883. The number of anilines is 1. The van der Waals surface area contributed by atoms with Crippen molar-refractivity contribution >= 4 is 23.0 Å². The van der Waals surface area contributed by atoms with Gasteiger partial charge in [0.05, 0.1) is 10.7 Å². The van der Waals surface area contributed by atoms with E-state index in [1.807, 2.05) is 0 Å². The van der Waals surface area contributed by atoms with E-state index in [-0.39, 0.29) is 10.8 Å². The average molecular weight is 366 g/mol. The van der Waals surface area contributed by atoms with Crippen LogP contribution in [0.2, 0.25) is 5.02 Å². The van der Waals surface area contributed by atoms with Crippen LogP contribution in [0.3, 0.4) is 0 Å². The van der Waals surface area contributed by atoms with Gasteiger partial charge < -0.3 is 4.74 Å². The second-order valence-corrected chi connectivity index (χ2v) is 4.80. The lowest BCUT2D eigenvalue weighted by Gasteiger charge is -2.13. The van der Waals surface area contributed by atoms with Crippen LogP contribution in [0.1, 0.15) is 5.56 Å². The number of pyridine rings is 1. The summed E-state index contributed by atoms with van der Waals surface area (Å²) in [7, 11) is 0. The number of hydrazone groups is 1. The molecule has 6 nitrogen and oxygen atoms in total. The van der Waals surface area contributed by atoms with Gasteiger partial charge in [0, 0.05) is 6.20 Å². The molecule has 1 aromatic heterocycles. The predicted octanol–water partition coefficient (Wildman–Crippen LogP) is 4.36. The first-order valence-electron chi connectivity index (χ1n) is 6.48. The molecule has 0 unspecified atom stereocenters. The van der Waals surface area contributed by atoms with E-state index >= 15 is 0 Å². The van der Waals surface area contributed by atoms with E-state index in [4.69, 9.17) is 26.9 Å². The maximum Gasteiger partial charge on any atom is 0.421 e. The number of alkyl halides is 3. The molecule has 0 saturated heterocycles. The molecular weight excluding hydrogens is 359 g/mol. The molecule has 1 N–H and O–H groups in total. The van der Waals surface area contributed by atoms with E-state index in [1.54, 1.807) is 12.1 Å². The molecule has 0 amide bonds. The number of nitrogens with one attached hydrogen (secondary N) is 1. The molecule has 10 heteroatoms. The maximum absolute atomic E-state index is 12.9. The number of halogens is 4. The standard InChI is InChI=1S/C15H7ClF3N5O/c16-12-6-9(23-24-10(7-20)8-21)3-4-13(12)25-14-11(15(17,18)19)2-1-5-22-14/h1-6,23H. The van der Waals surface area contributed by atoms with Crippen molar-refractivity contribution in [2.24, 2.45) is 5.10 Å². The van der Waals surface area contributed by atoms with E-state index in [0.29, 0.717) is 5.69 Å². The molecule has 0 bridgehead atoms. The molecule has 2 aromatic rings. The van der Waals surface area contributed by atoms with Gasteiger partial charge in [-0.1, -0.05) is 11.6 Å². The van der Waals surface area contributed by atoms with Crippen molar-refractivity contribution in [3.8, 4) is 23.8 Å². The molecule has 126 valence electrons. The van der Waals surface area contributed by atoms with Crippen LogP contribution in [0.15, 0.2) is 41.6 Å². The van der Waals surface area contributed by atoms with Gasteiger partial charge in [-0.3, -0.25) is 5.43 Å². The zero-order valence-corrected chi connectivity index (χ0v) is 12.9. The van der Waals surface area contributed by atoms with Gasteiger partial charge in [-0.2, -0.15) is 28.8 Å². The Balaban J connectivity index is 2.25. The molecule has 1 aromatic carbocycles. The van der Waals surface area contributed by atoms with Crippen molar-refractivity contribution in [2.75, 3.05) is 5.43 Å². The van der Waals surface area contributed by atoms with Crippen LogP contribution >= 0.6 is 11.6 Å². The number of nitriles is 2. The van der Waals surface area contributed by atoms with Crippen LogP contribution in [0.4, 0.5) is 18.9 Å². The number of hydrogen-bond acceptors (Lipinski definition) is 6. The molecule has 0 aliphatic rings. The average Bonchev–Trinajstić information content (AvgIpc) is 2.57. The number of ether oxygens (including phenoxy) is 1. The summed E-state index contributed by atoms with van der Waals surface area (Å²) in [6, 6.07) is 9.10. The van der Waals surface area contributed by atoms with E-state index in [9.17, 15) is 13.2 Å². The molecule has 0 aliphatic heterocycles. The highest BCUT2D eigenvalue weighted by atomic mass is 35.5. The number of aromatic nitrogens is 1. The first-order valence-corrected chi connectivity index (χ1v) is 6.86. The predicted molar refractivity (Wildman–Crippen MR) is 83.0 cm³/mol. The van der Waals surface area contributed by atoms with Gasteiger partial charge in [0.25, 0.3) is 0 Å². The van der Waals surface area contributed by atoms with Gasteiger partial charge in [0.1, 0.15) is 23.5 Å². The molecule has 2 rings (SSSR count). The lowest BCUT2D eigenvalue weighted by atomic mass is 10.2. The van der Waals surface area contributed by atoms with Crippen molar-refractivity contribution in [3.05, 3.63) is 47.1 Å². The maximum atomic E-state index is 12.9. The number of nitrogens with zero attached hydrogens (tertiary/aromatic N) is 4. The van der Waals surface area contributed by atoms with Crippen LogP contribution in [-0.2, 0) is 6.18 Å². The number of hydrogen-bond donors (Lipinski definition) is 1. The fraction of sp³-hybridized carbons (Fsp3) is 0.0667. The molecule has 1 heterocycles. The first kappa shape index (κ1) is 18.0. The molecule has 25 heavy (non-hydrogen) atoms. The smallest absolute Gasteiger partial charge is 0.421 e. The van der Waals surface area contributed by atoms with Gasteiger partial charge in [0.2, 0.25) is 11.6 Å². The minimum Gasteiger partial charge on any atom is -0.437 e. The zero-order chi connectivity index (χ0) is 18.4. The lowest BCUT2D eigenvalue weighted by molar-refractivity contribution is -0.138. The summed E-state index contributed by atoms with van der Waals surface area (Å²) >= 11 is 5.98. The minimum atomic E-state index is -4.63. The fourth-order valence-corrected chi connectivity index (χ4v) is 1.86. The quantitative estimate of drug-likeness (QED) is 0.641. The molecule has 0 radical (unpaired) electrons. The largest absolute Gasteiger partial charge is 0.437 e. The Morgan fingerprint density at radius 1 is 1.24 bits per heavy atom. The van der Waals surface area contributed by atoms with Crippen LogP contribution in [0.25, 0.3) is 0 Å². The van der Waals surface area contributed by atoms with Gasteiger partial charge in [-0.05, 0) is 30.3 Å². The molecule has 0 saturated carbocycles. The van der Waals surface area contributed by atoms with Crippen LogP contribution in [0.5, 0.6) is 11.6 Å². The summed E-state index contributed by atoms with van der Waals surface area (Å²) < 4.78 is 43.9. The Morgan fingerprint density at radius 3 is 2.56 bits per heavy atom. The summed E-state index contributed by atoms with van der Waals surface area (Å²) in [4.78, 5) is 3.58. The second-order valence-electron chi connectivity index (χ2n) is 4.40. The van der Waals surface area contributed by atoms with Gasteiger partial charge in [-0.15, -0.1) is 0 Å². The molecule has 0 spiro atoms. The molecule has 0 aliphatic carbocycles. The first-order chi connectivity index (χ1) is 11.8. The van der Waals surface area contributed by atoms with Crippen LogP contribution < -0.4 is 10.2 Å². The summed E-state index contributed by atoms with van der Waals surface area (Å²) in [6.45, 7) is 0. The second kappa shape index (κ2) is 7.51. The summed E-state index contributed by atoms with van der Waals surface area (Å²) in [5.41, 5.74) is 1.29. The Hall–Kier alpha value is -3.30. The Labute approximate surface area is 144 Å². The molecule has 0 fully saturated rings. The van der Waals surface area contributed by atoms with Crippen molar-refractivity contribution in [1.29, 1.82) is 10.5 Å². The highest BCUT2D eigenvalue weighted by Crippen LogP contribution is 2.38. The SMILES string of the molecule is N#CC(C#N)=NNc1ccc(Oc2ncccc2C(F)(F)F)c(Cl)c1. The van der Waals surface area contributed by atoms with Crippen molar-refractivity contribution in [1.82, 2.24) is 4.98 Å². The fourth-order valence-electron chi connectivity index (χ4n) is 1.64. The third-order valence-electron chi connectivity index (χ3n) is 2.72. The summed E-state index contributed by atoms with van der Waals surface area (Å²) in [6.07, 6.45) is -3.47. The van der Waals surface area contributed by atoms with Crippen molar-refractivity contribution < 1.29 is 17.9 Å². The summed E-state index contributed by atoms with van der Waals surface area (Å²) in [5.74, 6) is -0.687. The third-order valence-corrected chi connectivity index (χ3v) is 3.02. The van der Waals surface area contributed by atoms with Crippen LogP contribution in [-0.4, -0.2) is 10.7 Å². The Morgan fingerprint density at radius 2 is 1.96 bits per heavy atom. The number of benzene rings is 1. The molecular formula is C15H7ClF3N5O. The van der Waals surface area contributed by atoms with Crippen molar-refractivity contribution in [2.45, 2.75) is 6.18 Å². The van der Waals surface area contributed by atoms with Crippen LogP contribution in [0, 0.1) is 22.7 Å². The van der Waals surface area contributed by atoms with E-state index in [1.165, 1.54) is 18.2 Å². The topological polar surface area (TPSA) is 94.1 Å². The third kappa shape index (κ3) is 4.59. The monoisotopic (exact) mass is 365 g/mol. The van der Waals surface area contributed by atoms with Gasteiger partial charge >= 0.3 is 6.18 Å². The minimum absolute atomic E-state index is 0.0190. The summed E-state index contributed by atoms with van der Waals surface area (Å²) in [5, 5.41) is 20.6. The van der Waals surface area contributed by atoms with E-state index in [2.05, 4.69) is 15.5 Å². The van der Waals surface area contributed by atoms with E-state index < -0.39 is 23.3 Å². The number of rotatable bonds is 4. The van der Waals surface area contributed by atoms with Gasteiger partial charge in [0.15, 0.2) is 0 Å². The van der Waals surface area contributed by atoms with E-state index in [0.717, 1.165) is 18.3 Å². The zero-order valence-electron chi connectivity index (χ0n) is 12.2. The Kier molecular flexibility index (Phi) is 5.42. The highest BCUT2D eigenvalue weighted by molar-refractivity contribution is 6.32. The normalized spacial score (nSPS) is 10.3. The van der Waals surface area contributed by atoms with Gasteiger partial charge in [-0.25, -0.2) is 4.98 Å². The lowest BCUT2D eigenvalue weighted by Crippen LogP contribution is -2.08. The highest BCUT2D eigenvalue weighted by Gasteiger charge is 2.35.